The predicted octanol–water partition coefficient (Wildman–Crippen LogP) is 4.81. The predicted molar refractivity (Wildman–Crippen MR) is 132 cm³/mol. The molecule has 0 amide bonds. The van der Waals surface area contributed by atoms with Gasteiger partial charge in [-0.05, 0) is 86.3 Å². The van der Waals surface area contributed by atoms with Crippen LogP contribution >= 0.6 is 0 Å². The molecule has 3 aromatic rings. The molecule has 2 aromatic heterocycles. The van der Waals surface area contributed by atoms with Crippen LogP contribution in [-0.4, -0.2) is 39.6 Å². The fourth-order valence-electron chi connectivity index (χ4n) is 5.89. The molecule has 1 saturated carbocycles. The summed E-state index contributed by atoms with van der Waals surface area (Å²) in [6, 6.07) is 7.16. The van der Waals surface area contributed by atoms with E-state index in [1.165, 1.54) is 12.1 Å². The summed E-state index contributed by atoms with van der Waals surface area (Å²) in [6.45, 7) is 5.26. The summed E-state index contributed by atoms with van der Waals surface area (Å²) in [6.07, 6.45) is 8.93. The number of pyridine rings is 1. The Labute approximate surface area is 199 Å². The highest BCUT2D eigenvalue weighted by Crippen LogP contribution is 2.37. The maximum Gasteiger partial charge on any atom is 0.169 e. The zero-order valence-corrected chi connectivity index (χ0v) is 19.9. The Bertz CT molecular complexity index is 1200. The van der Waals surface area contributed by atoms with Gasteiger partial charge in [0.15, 0.2) is 11.6 Å². The van der Waals surface area contributed by atoms with Crippen molar-refractivity contribution in [2.24, 2.45) is 11.7 Å². The van der Waals surface area contributed by atoms with Crippen molar-refractivity contribution in [1.29, 1.82) is 0 Å². The number of halogens is 1. The number of hydrogen-bond donors (Lipinski definition) is 1. The molecule has 5 rings (SSSR count). The molecule has 0 radical (unpaired) electrons. The average molecular weight is 462 g/mol. The van der Waals surface area contributed by atoms with Crippen molar-refractivity contribution in [1.82, 2.24) is 15.2 Å². The van der Waals surface area contributed by atoms with Gasteiger partial charge in [0.2, 0.25) is 0 Å². The van der Waals surface area contributed by atoms with Crippen molar-refractivity contribution in [3.63, 3.8) is 0 Å². The van der Waals surface area contributed by atoms with E-state index in [2.05, 4.69) is 33.9 Å². The van der Waals surface area contributed by atoms with Crippen LogP contribution in [0.25, 0.3) is 10.9 Å². The molecule has 3 heterocycles. The Kier molecular flexibility index (Phi) is 6.30. The highest BCUT2D eigenvalue weighted by Gasteiger charge is 2.28. The number of nitrogens with two attached hydrogens (primary N) is 1. The van der Waals surface area contributed by atoms with Gasteiger partial charge in [0, 0.05) is 48.4 Å². The van der Waals surface area contributed by atoms with E-state index in [0.29, 0.717) is 40.2 Å². The molecule has 2 N–H and O–H groups in total. The summed E-state index contributed by atoms with van der Waals surface area (Å²) in [4.78, 5) is 19.9. The summed E-state index contributed by atoms with van der Waals surface area (Å²) in [5.41, 5.74) is 9.07. The van der Waals surface area contributed by atoms with Gasteiger partial charge in [-0.1, -0.05) is 6.92 Å². The Morgan fingerprint density at radius 2 is 2.03 bits per heavy atom. The molecule has 2 aliphatic rings. The summed E-state index contributed by atoms with van der Waals surface area (Å²) < 4.78 is 14.8. The summed E-state index contributed by atoms with van der Waals surface area (Å²) in [5.74, 6) is 1.04. The minimum atomic E-state index is -0.387. The lowest BCUT2D eigenvalue weighted by Gasteiger charge is -2.32. The van der Waals surface area contributed by atoms with Crippen LogP contribution in [0, 0.1) is 11.7 Å². The number of Topliss-reactive ketones (excluding diaryl/α,β-unsaturated/α-hetero) is 1. The van der Waals surface area contributed by atoms with Crippen molar-refractivity contribution < 1.29 is 9.18 Å². The average Bonchev–Trinajstić information content (AvgIpc) is 3.24. The monoisotopic (exact) mass is 461 g/mol. The molecule has 1 aliphatic carbocycles. The van der Waals surface area contributed by atoms with Gasteiger partial charge in [0.05, 0.1) is 0 Å². The standard InChI is InChI=1S/C27H32FN5O/c1-16-10-18(12-20(29)11-16)21-7-8-30-15-19(21)13-25(34)22-5-6-24(28)23-14-26(31-32-27(22)23)33-9-3-4-17(33)2/h5-8,14-18,20H,3-4,9-13,29H2,1-2H3/t16-,17+,18+,20-/m0/s1. The van der Waals surface area contributed by atoms with Crippen LogP contribution in [0.5, 0.6) is 0 Å². The minimum Gasteiger partial charge on any atom is -0.352 e. The quantitative estimate of drug-likeness (QED) is 0.549. The maximum absolute atomic E-state index is 14.8. The normalized spacial score (nSPS) is 25.1. The number of nitrogens with zero attached hydrogens (tertiary/aromatic N) is 4. The SMILES string of the molecule is C[C@@H]1C[C@H](N)C[C@H](c2ccncc2CC(=O)c2ccc(F)c3cc(N4CCC[C@H]4C)nnc23)C1. The molecule has 0 bridgehead atoms. The highest BCUT2D eigenvalue weighted by molar-refractivity contribution is 6.07. The van der Waals surface area contributed by atoms with E-state index in [0.717, 1.165) is 49.8 Å². The first-order valence-electron chi connectivity index (χ1n) is 12.3. The second-order valence-electron chi connectivity index (χ2n) is 10.2. The van der Waals surface area contributed by atoms with Gasteiger partial charge < -0.3 is 10.6 Å². The Hall–Kier alpha value is -2.93. The lowest BCUT2D eigenvalue weighted by atomic mass is 9.75. The minimum absolute atomic E-state index is 0.107. The Morgan fingerprint density at radius 3 is 2.79 bits per heavy atom. The third-order valence-corrected chi connectivity index (χ3v) is 7.55. The number of fused-ring (bicyclic) bond motifs is 1. The van der Waals surface area contributed by atoms with Gasteiger partial charge >= 0.3 is 0 Å². The van der Waals surface area contributed by atoms with E-state index in [1.807, 2.05) is 6.07 Å². The second kappa shape index (κ2) is 9.37. The molecule has 178 valence electrons. The first-order chi connectivity index (χ1) is 16.4. The third-order valence-electron chi connectivity index (χ3n) is 7.55. The molecule has 0 unspecified atom stereocenters. The topological polar surface area (TPSA) is 85.0 Å². The van der Waals surface area contributed by atoms with Crippen molar-refractivity contribution in [3.05, 3.63) is 59.2 Å². The van der Waals surface area contributed by atoms with Gasteiger partial charge in [0.25, 0.3) is 0 Å². The van der Waals surface area contributed by atoms with E-state index >= 15 is 0 Å². The van der Waals surface area contributed by atoms with Crippen LogP contribution in [0.3, 0.4) is 0 Å². The van der Waals surface area contributed by atoms with Gasteiger partial charge in [-0.15, -0.1) is 10.2 Å². The van der Waals surface area contributed by atoms with E-state index in [-0.39, 0.29) is 24.1 Å². The number of carbonyl (C=O) groups is 1. The van der Waals surface area contributed by atoms with Gasteiger partial charge in [-0.25, -0.2) is 4.39 Å². The molecule has 0 spiro atoms. The van der Waals surface area contributed by atoms with E-state index in [4.69, 9.17) is 5.73 Å². The Morgan fingerprint density at radius 1 is 1.18 bits per heavy atom. The fraction of sp³-hybridized carbons (Fsp3) is 0.481. The zero-order valence-electron chi connectivity index (χ0n) is 19.9. The molecule has 1 saturated heterocycles. The molecule has 34 heavy (non-hydrogen) atoms. The number of benzene rings is 1. The van der Waals surface area contributed by atoms with E-state index in [9.17, 15) is 9.18 Å². The van der Waals surface area contributed by atoms with Gasteiger partial charge in [-0.3, -0.25) is 9.78 Å². The molecule has 6 nitrogen and oxygen atoms in total. The third kappa shape index (κ3) is 4.41. The number of hydrogen-bond acceptors (Lipinski definition) is 6. The first-order valence-corrected chi connectivity index (χ1v) is 12.3. The molecular weight excluding hydrogens is 429 g/mol. The van der Waals surface area contributed by atoms with Crippen molar-refractivity contribution >= 4 is 22.5 Å². The van der Waals surface area contributed by atoms with Crippen molar-refractivity contribution in [3.8, 4) is 0 Å². The van der Waals surface area contributed by atoms with Crippen LogP contribution in [-0.2, 0) is 6.42 Å². The van der Waals surface area contributed by atoms with Gasteiger partial charge in [-0.2, -0.15) is 0 Å². The Balaban J connectivity index is 1.45. The summed E-state index contributed by atoms with van der Waals surface area (Å²) >= 11 is 0. The molecular formula is C27H32FN5O. The largest absolute Gasteiger partial charge is 0.352 e. The molecule has 2 fully saturated rings. The lowest BCUT2D eigenvalue weighted by molar-refractivity contribution is 0.0993. The smallest absolute Gasteiger partial charge is 0.169 e. The number of anilines is 1. The summed E-state index contributed by atoms with van der Waals surface area (Å²) in [5, 5.41) is 9.04. The second-order valence-corrected chi connectivity index (χ2v) is 10.2. The maximum atomic E-state index is 14.8. The fourth-order valence-corrected chi connectivity index (χ4v) is 5.89. The van der Waals surface area contributed by atoms with Crippen LogP contribution in [0.2, 0.25) is 0 Å². The van der Waals surface area contributed by atoms with Crippen LogP contribution < -0.4 is 10.6 Å². The lowest BCUT2D eigenvalue weighted by Crippen LogP contribution is -2.31. The van der Waals surface area contributed by atoms with Crippen LogP contribution in [0.4, 0.5) is 10.2 Å². The highest BCUT2D eigenvalue weighted by atomic mass is 19.1. The number of rotatable bonds is 5. The molecule has 1 aromatic carbocycles. The van der Waals surface area contributed by atoms with Crippen molar-refractivity contribution in [2.45, 2.75) is 70.4 Å². The van der Waals surface area contributed by atoms with Gasteiger partial charge in [0.1, 0.15) is 11.3 Å². The molecule has 1 aliphatic heterocycles. The van der Waals surface area contributed by atoms with Crippen LogP contribution in [0.15, 0.2) is 36.7 Å². The first kappa shape index (κ1) is 22.8. The number of aromatic nitrogens is 3. The summed E-state index contributed by atoms with van der Waals surface area (Å²) in [7, 11) is 0. The van der Waals surface area contributed by atoms with Crippen molar-refractivity contribution in [2.75, 3.05) is 11.4 Å². The zero-order chi connectivity index (χ0) is 23.8. The number of carbonyl (C=O) groups excluding carboxylic acids is 1. The number of ketones is 1. The van der Waals surface area contributed by atoms with E-state index in [1.54, 1.807) is 18.5 Å². The van der Waals surface area contributed by atoms with E-state index < -0.39 is 0 Å². The molecule has 7 heteroatoms. The molecule has 4 atom stereocenters. The van der Waals surface area contributed by atoms with Crippen LogP contribution in [0.1, 0.15) is 73.4 Å².